The van der Waals surface area contributed by atoms with Crippen LogP contribution in [0.25, 0.3) is 5.65 Å². The van der Waals surface area contributed by atoms with Crippen molar-refractivity contribution in [3.8, 4) is 11.6 Å². The van der Waals surface area contributed by atoms with Gasteiger partial charge in [-0.25, -0.2) is 9.78 Å². The molecule has 2 heterocycles. The predicted octanol–water partition coefficient (Wildman–Crippen LogP) is 2.69. The molecule has 0 radical (unpaired) electrons. The Balaban J connectivity index is 2.06. The summed E-state index contributed by atoms with van der Waals surface area (Å²) in [5.74, 6) is 0.268. The first-order valence-electron chi connectivity index (χ1n) is 5.93. The van der Waals surface area contributed by atoms with Crippen LogP contribution in [0.3, 0.4) is 0 Å². The normalized spacial score (nSPS) is 10.8. The minimum absolute atomic E-state index is 0.123. The fourth-order valence-corrected chi connectivity index (χ4v) is 2.14. The second kappa shape index (κ2) is 5.13. The van der Waals surface area contributed by atoms with E-state index in [9.17, 15) is 4.79 Å². The molecule has 7 nitrogen and oxygen atoms in total. The molecule has 106 valence electrons. The summed E-state index contributed by atoms with van der Waals surface area (Å²) in [5.41, 5.74) is 0.584. The maximum Gasteiger partial charge on any atom is 0.335 e. The quantitative estimate of drug-likeness (QED) is 0.782. The number of carboxylic acid groups (broad SMARTS) is 1. The maximum absolute atomic E-state index is 11.0. The zero-order valence-corrected chi connectivity index (χ0v) is 12.4. The Morgan fingerprint density at radius 3 is 2.95 bits per heavy atom. The smallest absolute Gasteiger partial charge is 0.335 e. The van der Waals surface area contributed by atoms with E-state index < -0.39 is 5.97 Å². The van der Waals surface area contributed by atoms with Crippen LogP contribution in [-0.2, 0) is 0 Å². The minimum Gasteiger partial charge on any atom is -0.478 e. The molecule has 8 heteroatoms. The van der Waals surface area contributed by atoms with Gasteiger partial charge in [0, 0.05) is 12.4 Å². The summed E-state index contributed by atoms with van der Waals surface area (Å²) in [6.07, 6.45) is 3.29. The van der Waals surface area contributed by atoms with Gasteiger partial charge in [-0.05, 0) is 41.1 Å². The maximum atomic E-state index is 11.0. The van der Waals surface area contributed by atoms with Crippen molar-refractivity contribution < 1.29 is 14.6 Å². The topological polar surface area (TPSA) is 89.6 Å². The van der Waals surface area contributed by atoms with Crippen molar-refractivity contribution in [1.29, 1.82) is 0 Å². The Morgan fingerprint density at radius 2 is 2.19 bits per heavy atom. The molecule has 3 rings (SSSR count). The van der Waals surface area contributed by atoms with Crippen LogP contribution in [0.15, 0.2) is 35.1 Å². The number of fused-ring (bicyclic) bond motifs is 1. The van der Waals surface area contributed by atoms with Gasteiger partial charge in [-0.1, -0.05) is 0 Å². The van der Waals surface area contributed by atoms with E-state index in [4.69, 9.17) is 9.84 Å². The van der Waals surface area contributed by atoms with Gasteiger partial charge < -0.3 is 9.84 Å². The monoisotopic (exact) mass is 348 g/mol. The summed E-state index contributed by atoms with van der Waals surface area (Å²) in [4.78, 5) is 15.1. The predicted molar refractivity (Wildman–Crippen MR) is 76.7 cm³/mol. The van der Waals surface area contributed by atoms with E-state index >= 15 is 0 Å². The molecule has 0 amide bonds. The Labute approximate surface area is 127 Å². The van der Waals surface area contributed by atoms with Crippen molar-refractivity contribution in [3.63, 3.8) is 0 Å². The van der Waals surface area contributed by atoms with Crippen LogP contribution < -0.4 is 4.74 Å². The van der Waals surface area contributed by atoms with Crippen LogP contribution in [0.4, 0.5) is 0 Å². The molecule has 1 N–H and O–H groups in total. The van der Waals surface area contributed by atoms with E-state index in [2.05, 4.69) is 31.1 Å². The zero-order chi connectivity index (χ0) is 15.0. The van der Waals surface area contributed by atoms with Crippen molar-refractivity contribution in [1.82, 2.24) is 19.6 Å². The highest BCUT2D eigenvalue weighted by atomic mass is 79.9. The number of hydrogen-bond donors (Lipinski definition) is 1. The summed E-state index contributed by atoms with van der Waals surface area (Å²) < 4.78 is 8.03. The standard InChI is InChI=1S/C13H9BrN4O3/c1-7-16-17-11-12(15-4-5-18(7)11)21-10-6-8(13(19)20)2-3-9(10)14/h2-6H,1H3,(H,19,20). The third-order valence-corrected chi connectivity index (χ3v) is 3.50. The van der Waals surface area contributed by atoms with Crippen LogP contribution in [0.2, 0.25) is 0 Å². The van der Waals surface area contributed by atoms with Crippen molar-refractivity contribution >= 4 is 27.5 Å². The van der Waals surface area contributed by atoms with Gasteiger partial charge in [0.15, 0.2) is 0 Å². The number of carboxylic acids is 1. The molecule has 0 saturated carbocycles. The zero-order valence-electron chi connectivity index (χ0n) is 10.8. The Bertz CT molecular complexity index is 847. The number of hydrogen-bond acceptors (Lipinski definition) is 5. The first kappa shape index (κ1) is 13.5. The second-order valence-electron chi connectivity index (χ2n) is 4.23. The Kier molecular flexibility index (Phi) is 3.30. The van der Waals surface area contributed by atoms with Crippen LogP contribution in [-0.4, -0.2) is 30.7 Å². The van der Waals surface area contributed by atoms with Crippen molar-refractivity contribution in [2.24, 2.45) is 0 Å². The van der Waals surface area contributed by atoms with Gasteiger partial charge in [0.1, 0.15) is 11.6 Å². The summed E-state index contributed by atoms with van der Waals surface area (Å²) >= 11 is 3.32. The highest BCUT2D eigenvalue weighted by molar-refractivity contribution is 9.10. The average molecular weight is 349 g/mol. The fraction of sp³-hybridized carbons (Fsp3) is 0.0769. The number of aromatic nitrogens is 4. The molecule has 2 aromatic heterocycles. The number of aryl methyl sites for hydroxylation is 1. The number of halogens is 1. The van der Waals surface area contributed by atoms with E-state index in [1.807, 2.05) is 6.92 Å². The number of ether oxygens (including phenoxy) is 1. The minimum atomic E-state index is -1.03. The Hall–Kier alpha value is -2.48. The van der Waals surface area contributed by atoms with Gasteiger partial charge >= 0.3 is 5.97 Å². The van der Waals surface area contributed by atoms with Gasteiger partial charge in [0.05, 0.1) is 10.0 Å². The van der Waals surface area contributed by atoms with Crippen molar-refractivity contribution in [2.45, 2.75) is 6.92 Å². The number of benzene rings is 1. The van der Waals surface area contributed by atoms with Crippen LogP contribution in [0, 0.1) is 6.92 Å². The molecule has 3 aromatic rings. The fourth-order valence-electron chi connectivity index (χ4n) is 1.81. The molecule has 0 atom stereocenters. The SMILES string of the molecule is Cc1nnc2c(Oc3cc(C(=O)O)ccc3Br)nccn12. The van der Waals surface area contributed by atoms with Crippen LogP contribution in [0.1, 0.15) is 16.2 Å². The van der Waals surface area contributed by atoms with Gasteiger partial charge in [-0.15, -0.1) is 10.2 Å². The largest absolute Gasteiger partial charge is 0.478 e. The lowest BCUT2D eigenvalue weighted by molar-refractivity contribution is 0.0696. The van der Waals surface area contributed by atoms with Gasteiger partial charge in [0.25, 0.3) is 5.88 Å². The third-order valence-electron chi connectivity index (χ3n) is 2.85. The number of rotatable bonds is 3. The molecule has 1 aromatic carbocycles. The third kappa shape index (κ3) is 2.45. The lowest BCUT2D eigenvalue weighted by atomic mass is 10.2. The summed E-state index contributed by atoms with van der Waals surface area (Å²) in [5, 5.41) is 17.0. The molecule has 0 aliphatic heterocycles. The first-order valence-corrected chi connectivity index (χ1v) is 6.72. The van der Waals surface area contributed by atoms with Crippen LogP contribution >= 0.6 is 15.9 Å². The van der Waals surface area contributed by atoms with Crippen LogP contribution in [0.5, 0.6) is 11.6 Å². The lowest BCUT2D eigenvalue weighted by Crippen LogP contribution is -1.99. The molecule has 0 fully saturated rings. The molecule has 0 bridgehead atoms. The first-order chi connectivity index (χ1) is 10.1. The van der Waals surface area contributed by atoms with E-state index in [1.165, 1.54) is 12.1 Å². The van der Waals surface area contributed by atoms with E-state index in [1.54, 1.807) is 22.9 Å². The summed E-state index contributed by atoms with van der Waals surface area (Å²) in [7, 11) is 0. The molecule has 0 aliphatic carbocycles. The molecular weight excluding hydrogens is 340 g/mol. The Morgan fingerprint density at radius 1 is 1.38 bits per heavy atom. The molecule has 0 unspecified atom stereocenters. The van der Waals surface area contributed by atoms with Gasteiger partial charge in [-0.2, -0.15) is 0 Å². The van der Waals surface area contributed by atoms with Crippen molar-refractivity contribution in [3.05, 3.63) is 46.5 Å². The van der Waals surface area contributed by atoms with Gasteiger partial charge in [-0.3, -0.25) is 4.40 Å². The second-order valence-corrected chi connectivity index (χ2v) is 5.08. The highest BCUT2D eigenvalue weighted by Crippen LogP contribution is 2.31. The number of aromatic carboxylic acids is 1. The average Bonchev–Trinajstić information content (AvgIpc) is 2.84. The van der Waals surface area contributed by atoms with Crippen molar-refractivity contribution in [2.75, 3.05) is 0 Å². The number of carbonyl (C=O) groups is 1. The number of nitrogens with zero attached hydrogens (tertiary/aromatic N) is 4. The van der Waals surface area contributed by atoms with E-state index in [-0.39, 0.29) is 11.4 Å². The molecule has 0 saturated heterocycles. The summed E-state index contributed by atoms with van der Waals surface area (Å²) in [6, 6.07) is 4.50. The van der Waals surface area contributed by atoms with E-state index in [0.29, 0.717) is 21.7 Å². The molecule has 0 spiro atoms. The van der Waals surface area contributed by atoms with Gasteiger partial charge in [0.2, 0.25) is 5.65 Å². The highest BCUT2D eigenvalue weighted by Gasteiger charge is 2.13. The van der Waals surface area contributed by atoms with E-state index in [0.717, 1.165) is 0 Å². The lowest BCUT2D eigenvalue weighted by Gasteiger charge is -2.08. The molecular formula is C13H9BrN4O3. The molecule has 21 heavy (non-hydrogen) atoms. The molecule has 0 aliphatic rings. The summed E-state index contributed by atoms with van der Waals surface area (Å²) in [6.45, 7) is 1.81.